The SMILES string of the molecule is COc1ccc(C)cc1NC(=O)CN1CCC2(CC1)OCc1ccccc12. The van der Waals surface area contributed by atoms with Gasteiger partial charge in [0.25, 0.3) is 0 Å². The highest BCUT2D eigenvalue weighted by molar-refractivity contribution is 5.93. The number of hydrogen-bond donors (Lipinski definition) is 1. The van der Waals surface area contributed by atoms with E-state index >= 15 is 0 Å². The summed E-state index contributed by atoms with van der Waals surface area (Å²) >= 11 is 0. The van der Waals surface area contributed by atoms with Gasteiger partial charge in [0.1, 0.15) is 5.75 Å². The van der Waals surface area contributed by atoms with Gasteiger partial charge in [0, 0.05) is 13.1 Å². The van der Waals surface area contributed by atoms with Crippen molar-refractivity contribution in [2.24, 2.45) is 0 Å². The van der Waals surface area contributed by atoms with Crippen LogP contribution >= 0.6 is 0 Å². The highest BCUT2D eigenvalue weighted by Gasteiger charge is 2.42. The van der Waals surface area contributed by atoms with Crippen LogP contribution in [0.3, 0.4) is 0 Å². The van der Waals surface area contributed by atoms with E-state index in [1.807, 2.05) is 25.1 Å². The normalized spacial score (nSPS) is 18.3. The van der Waals surface area contributed by atoms with Crippen LogP contribution in [0.5, 0.6) is 5.75 Å². The molecule has 0 aromatic heterocycles. The molecule has 27 heavy (non-hydrogen) atoms. The Labute approximate surface area is 160 Å². The van der Waals surface area contributed by atoms with E-state index in [1.165, 1.54) is 11.1 Å². The molecule has 2 aliphatic rings. The number of carbonyl (C=O) groups excluding carboxylic acids is 1. The lowest BCUT2D eigenvalue weighted by Crippen LogP contribution is -2.45. The quantitative estimate of drug-likeness (QED) is 0.900. The first-order valence-electron chi connectivity index (χ1n) is 9.49. The number of fused-ring (bicyclic) bond motifs is 2. The summed E-state index contributed by atoms with van der Waals surface area (Å²) in [6.07, 6.45) is 1.84. The Hall–Kier alpha value is -2.37. The van der Waals surface area contributed by atoms with E-state index in [9.17, 15) is 4.79 Å². The Morgan fingerprint density at radius 3 is 2.78 bits per heavy atom. The first-order chi connectivity index (χ1) is 13.1. The molecule has 0 saturated carbocycles. The molecule has 0 aliphatic carbocycles. The largest absolute Gasteiger partial charge is 0.495 e. The third-order valence-corrected chi connectivity index (χ3v) is 5.67. The van der Waals surface area contributed by atoms with Crippen LogP contribution in [0.1, 0.15) is 29.5 Å². The van der Waals surface area contributed by atoms with Crippen LogP contribution in [-0.2, 0) is 21.7 Å². The molecule has 4 rings (SSSR count). The topological polar surface area (TPSA) is 50.8 Å². The van der Waals surface area contributed by atoms with Gasteiger partial charge in [0.2, 0.25) is 5.91 Å². The standard InChI is InChI=1S/C22H26N2O3/c1-16-7-8-20(26-2)19(13-16)23-21(25)14-24-11-9-22(10-12-24)18-6-4-3-5-17(18)15-27-22/h3-8,13H,9-12,14-15H2,1-2H3,(H,23,25). The molecule has 142 valence electrons. The lowest BCUT2D eigenvalue weighted by molar-refractivity contribution is -0.120. The zero-order valence-electron chi connectivity index (χ0n) is 16.0. The Morgan fingerprint density at radius 2 is 2.00 bits per heavy atom. The molecule has 1 fully saturated rings. The van der Waals surface area contributed by atoms with Crippen LogP contribution in [0.15, 0.2) is 42.5 Å². The third-order valence-electron chi connectivity index (χ3n) is 5.67. The van der Waals surface area contributed by atoms with E-state index in [4.69, 9.17) is 9.47 Å². The van der Waals surface area contributed by atoms with Crippen molar-refractivity contribution >= 4 is 11.6 Å². The summed E-state index contributed by atoms with van der Waals surface area (Å²) in [6.45, 7) is 4.79. The molecule has 1 saturated heterocycles. The van der Waals surface area contributed by atoms with E-state index in [0.29, 0.717) is 18.9 Å². The van der Waals surface area contributed by atoms with Gasteiger partial charge in [-0.3, -0.25) is 9.69 Å². The number of anilines is 1. The molecule has 0 bridgehead atoms. The van der Waals surface area contributed by atoms with Crippen molar-refractivity contribution in [1.82, 2.24) is 4.90 Å². The van der Waals surface area contributed by atoms with Crippen molar-refractivity contribution in [1.29, 1.82) is 0 Å². The number of carbonyl (C=O) groups is 1. The van der Waals surface area contributed by atoms with E-state index < -0.39 is 0 Å². The summed E-state index contributed by atoms with van der Waals surface area (Å²) < 4.78 is 11.5. The fraction of sp³-hybridized carbons (Fsp3) is 0.409. The van der Waals surface area contributed by atoms with Crippen molar-refractivity contribution in [2.45, 2.75) is 32.0 Å². The smallest absolute Gasteiger partial charge is 0.238 e. The lowest BCUT2D eigenvalue weighted by atomic mass is 9.84. The van der Waals surface area contributed by atoms with Crippen LogP contribution in [-0.4, -0.2) is 37.6 Å². The Morgan fingerprint density at radius 1 is 1.22 bits per heavy atom. The summed E-state index contributed by atoms with van der Waals surface area (Å²) in [7, 11) is 1.61. The third kappa shape index (κ3) is 3.57. The summed E-state index contributed by atoms with van der Waals surface area (Å²) in [5.41, 5.74) is 4.28. The second kappa shape index (κ2) is 7.33. The van der Waals surface area contributed by atoms with Crippen LogP contribution < -0.4 is 10.1 Å². The van der Waals surface area contributed by atoms with E-state index in [0.717, 1.165) is 37.2 Å². The number of likely N-dealkylation sites (tertiary alicyclic amines) is 1. The van der Waals surface area contributed by atoms with Crippen molar-refractivity contribution < 1.29 is 14.3 Å². The maximum absolute atomic E-state index is 12.5. The molecule has 2 heterocycles. The number of benzene rings is 2. The lowest BCUT2D eigenvalue weighted by Gasteiger charge is -2.39. The highest BCUT2D eigenvalue weighted by Crippen LogP contribution is 2.43. The number of piperidine rings is 1. The molecule has 2 aromatic rings. The number of amides is 1. The zero-order chi connectivity index (χ0) is 18.9. The molecule has 5 heteroatoms. The number of methoxy groups -OCH3 is 1. The first kappa shape index (κ1) is 18.0. The summed E-state index contributed by atoms with van der Waals surface area (Å²) in [5.74, 6) is 0.671. The van der Waals surface area contributed by atoms with Gasteiger partial charge in [0.05, 0.1) is 31.5 Å². The maximum Gasteiger partial charge on any atom is 0.238 e. The number of nitrogens with zero attached hydrogens (tertiary/aromatic N) is 1. The van der Waals surface area contributed by atoms with Crippen LogP contribution in [0.2, 0.25) is 0 Å². The Balaban J connectivity index is 1.36. The van der Waals surface area contributed by atoms with Gasteiger partial charge in [0.15, 0.2) is 0 Å². The van der Waals surface area contributed by atoms with Crippen LogP contribution in [0, 0.1) is 6.92 Å². The summed E-state index contributed by atoms with van der Waals surface area (Å²) in [4.78, 5) is 14.7. The minimum Gasteiger partial charge on any atom is -0.495 e. The molecule has 2 aliphatic heterocycles. The molecular weight excluding hydrogens is 340 g/mol. The minimum atomic E-state index is -0.163. The highest BCUT2D eigenvalue weighted by atomic mass is 16.5. The zero-order valence-corrected chi connectivity index (χ0v) is 16.0. The monoisotopic (exact) mass is 366 g/mol. The van der Waals surface area contributed by atoms with Gasteiger partial charge in [-0.1, -0.05) is 30.3 Å². The fourth-order valence-electron chi connectivity index (χ4n) is 4.18. The number of nitrogens with one attached hydrogen (secondary N) is 1. The molecule has 1 amide bonds. The molecular formula is C22H26N2O3. The predicted molar refractivity (Wildman–Crippen MR) is 105 cm³/mol. The second-order valence-electron chi connectivity index (χ2n) is 7.47. The van der Waals surface area contributed by atoms with E-state index in [1.54, 1.807) is 7.11 Å². The van der Waals surface area contributed by atoms with Gasteiger partial charge in [-0.25, -0.2) is 0 Å². The molecule has 0 unspecified atom stereocenters. The summed E-state index contributed by atoms with van der Waals surface area (Å²) in [6, 6.07) is 14.3. The average Bonchev–Trinajstić information content (AvgIpc) is 3.03. The van der Waals surface area contributed by atoms with E-state index in [2.05, 4.69) is 34.5 Å². The molecule has 2 aromatic carbocycles. The van der Waals surface area contributed by atoms with Crippen LogP contribution in [0.4, 0.5) is 5.69 Å². The number of aryl methyl sites for hydroxylation is 1. The van der Waals surface area contributed by atoms with Gasteiger partial charge >= 0.3 is 0 Å². The van der Waals surface area contributed by atoms with Crippen molar-refractivity contribution in [3.05, 3.63) is 59.2 Å². The van der Waals surface area contributed by atoms with Crippen molar-refractivity contribution in [3.63, 3.8) is 0 Å². The van der Waals surface area contributed by atoms with Gasteiger partial charge in [-0.15, -0.1) is 0 Å². The minimum absolute atomic E-state index is 0.0115. The number of rotatable bonds is 4. The molecule has 1 spiro atoms. The van der Waals surface area contributed by atoms with Crippen molar-refractivity contribution in [3.8, 4) is 5.75 Å². The Bertz CT molecular complexity index is 841. The average molecular weight is 366 g/mol. The van der Waals surface area contributed by atoms with Gasteiger partial charge in [-0.2, -0.15) is 0 Å². The molecule has 5 nitrogen and oxygen atoms in total. The second-order valence-corrected chi connectivity index (χ2v) is 7.47. The maximum atomic E-state index is 12.5. The molecule has 0 radical (unpaired) electrons. The number of ether oxygens (including phenoxy) is 2. The number of hydrogen-bond acceptors (Lipinski definition) is 4. The molecule has 0 atom stereocenters. The summed E-state index contributed by atoms with van der Waals surface area (Å²) in [5, 5.41) is 2.99. The van der Waals surface area contributed by atoms with E-state index in [-0.39, 0.29) is 11.5 Å². The predicted octanol–water partition coefficient (Wildman–Crippen LogP) is 3.46. The van der Waals surface area contributed by atoms with Gasteiger partial charge < -0.3 is 14.8 Å². The van der Waals surface area contributed by atoms with Crippen LogP contribution in [0.25, 0.3) is 0 Å². The fourth-order valence-corrected chi connectivity index (χ4v) is 4.18. The Kier molecular flexibility index (Phi) is 4.89. The first-order valence-corrected chi connectivity index (χ1v) is 9.49. The van der Waals surface area contributed by atoms with Gasteiger partial charge in [-0.05, 0) is 48.6 Å². The molecule has 1 N–H and O–H groups in total. The van der Waals surface area contributed by atoms with Crippen molar-refractivity contribution in [2.75, 3.05) is 32.1 Å².